The predicted octanol–water partition coefficient (Wildman–Crippen LogP) is 3.89. The summed E-state index contributed by atoms with van der Waals surface area (Å²) in [6.45, 7) is -0.206. The summed E-state index contributed by atoms with van der Waals surface area (Å²) in [7, 11) is 1.66. The second-order valence-corrected chi connectivity index (χ2v) is 10.8. The van der Waals surface area contributed by atoms with Crippen LogP contribution in [0.3, 0.4) is 0 Å². The summed E-state index contributed by atoms with van der Waals surface area (Å²) in [6.07, 6.45) is 5.69. The van der Waals surface area contributed by atoms with Crippen molar-refractivity contribution in [2.75, 3.05) is 0 Å². The van der Waals surface area contributed by atoms with E-state index >= 15 is 4.39 Å². The van der Waals surface area contributed by atoms with Gasteiger partial charge in [-0.2, -0.15) is 10.4 Å². The average Bonchev–Trinajstić information content (AvgIpc) is 3.67. The second kappa shape index (κ2) is 10.7. The van der Waals surface area contributed by atoms with E-state index in [0.717, 1.165) is 6.07 Å². The van der Waals surface area contributed by atoms with Gasteiger partial charge in [-0.25, -0.2) is 14.4 Å². The van der Waals surface area contributed by atoms with Gasteiger partial charge in [-0.3, -0.25) is 19.2 Å². The number of nitriles is 1. The van der Waals surface area contributed by atoms with Crippen molar-refractivity contribution in [3.8, 4) is 6.07 Å². The Labute approximate surface area is 245 Å². The summed E-state index contributed by atoms with van der Waals surface area (Å²) in [5.41, 5.74) is -1.05. The first-order valence-corrected chi connectivity index (χ1v) is 13.6. The molecular weight excluding hydrogens is 563 g/mol. The first-order chi connectivity index (χ1) is 20.2. The number of benzene rings is 2. The molecule has 2 aromatic heterocycles. The molecule has 212 valence electrons. The molecule has 1 aliphatic heterocycles. The van der Waals surface area contributed by atoms with Crippen LogP contribution in [0.25, 0.3) is 0 Å². The molecule has 0 radical (unpaired) electrons. The number of aliphatic hydroxyl groups is 1. The van der Waals surface area contributed by atoms with Gasteiger partial charge in [-0.1, -0.05) is 23.7 Å². The van der Waals surface area contributed by atoms with Gasteiger partial charge in [0.15, 0.2) is 5.78 Å². The van der Waals surface area contributed by atoms with Crippen LogP contribution >= 0.6 is 11.6 Å². The smallest absolute Gasteiger partial charge is 0.257 e. The zero-order chi connectivity index (χ0) is 29.6. The fourth-order valence-electron chi connectivity index (χ4n) is 5.63. The third kappa shape index (κ3) is 4.73. The van der Waals surface area contributed by atoms with Crippen molar-refractivity contribution in [2.45, 2.75) is 43.7 Å². The van der Waals surface area contributed by atoms with Crippen LogP contribution in [-0.2, 0) is 24.1 Å². The van der Waals surface area contributed by atoms with Crippen LogP contribution < -0.4 is 0 Å². The van der Waals surface area contributed by atoms with E-state index in [1.54, 1.807) is 31.3 Å². The Bertz CT molecular complexity index is 1740. The van der Waals surface area contributed by atoms with E-state index in [-0.39, 0.29) is 40.2 Å². The molecule has 2 aliphatic rings. The van der Waals surface area contributed by atoms with Crippen molar-refractivity contribution < 1.29 is 23.8 Å². The molecule has 10 nitrogen and oxygen atoms in total. The van der Waals surface area contributed by atoms with Gasteiger partial charge in [-0.05, 0) is 43.5 Å². The molecule has 0 bridgehead atoms. The second-order valence-electron chi connectivity index (χ2n) is 10.4. The molecular formula is C30H24ClFN6O4. The van der Waals surface area contributed by atoms with Crippen LogP contribution in [0.15, 0.2) is 61.2 Å². The molecule has 1 fully saturated rings. The molecule has 1 amide bonds. The molecule has 1 saturated carbocycles. The lowest BCUT2D eigenvalue weighted by atomic mass is 9.90. The third-order valence-electron chi connectivity index (χ3n) is 7.58. The molecule has 1 N–H and O–H groups in total. The molecule has 0 saturated heterocycles. The lowest BCUT2D eigenvalue weighted by Crippen LogP contribution is -2.48. The van der Waals surface area contributed by atoms with Crippen LogP contribution in [0.2, 0.25) is 5.02 Å². The topological polar surface area (TPSA) is 134 Å². The monoisotopic (exact) mass is 586 g/mol. The number of carbonyl (C=O) groups excluding carboxylic acids is 2. The largest absolute Gasteiger partial charge is 0.393 e. The number of amides is 1. The van der Waals surface area contributed by atoms with Gasteiger partial charge in [0.05, 0.1) is 47.2 Å². The maximum Gasteiger partial charge on any atom is 0.257 e. The minimum absolute atomic E-state index is 0.0228. The molecule has 12 heteroatoms. The number of ether oxygens (including phenoxy) is 1. The highest BCUT2D eigenvalue weighted by Crippen LogP contribution is 2.49. The lowest BCUT2D eigenvalue weighted by Gasteiger charge is -2.41. The molecule has 4 aromatic rings. The normalized spacial score (nSPS) is 21.4. The Kier molecular flexibility index (Phi) is 7.06. The fourth-order valence-corrected chi connectivity index (χ4v) is 5.76. The van der Waals surface area contributed by atoms with E-state index in [1.165, 1.54) is 40.4 Å². The van der Waals surface area contributed by atoms with Crippen LogP contribution in [0.1, 0.15) is 68.1 Å². The zero-order valence-corrected chi connectivity index (χ0v) is 23.1. The number of carbonyl (C=O) groups is 2. The molecule has 3 heterocycles. The number of halogens is 2. The Morgan fingerprint density at radius 1 is 1.19 bits per heavy atom. The van der Waals surface area contributed by atoms with Crippen LogP contribution in [-0.4, -0.2) is 53.7 Å². The predicted molar refractivity (Wildman–Crippen MR) is 147 cm³/mol. The number of nitrogens with zero attached hydrogens (tertiary/aromatic N) is 6. The first-order valence-electron chi connectivity index (χ1n) is 13.2. The van der Waals surface area contributed by atoms with Crippen LogP contribution in [0, 0.1) is 17.1 Å². The lowest BCUT2D eigenvalue weighted by molar-refractivity contribution is -0.149. The van der Waals surface area contributed by atoms with E-state index in [0.29, 0.717) is 29.8 Å². The number of aryl methyl sites for hydroxylation is 1. The number of hydrogen-bond acceptors (Lipinski definition) is 8. The van der Waals surface area contributed by atoms with Crippen molar-refractivity contribution in [2.24, 2.45) is 7.05 Å². The van der Waals surface area contributed by atoms with E-state index < -0.39 is 35.4 Å². The Balaban J connectivity index is 1.55. The van der Waals surface area contributed by atoms with Gasteiger partial charge < -0.3 is 9.84 Å². The third-order valence-corrected chi connectivity index (χ3v) is 7.83. The van der Waals surface area contributed by atoms with Gasteiger partial charge in [0, 0.05) is 41.8 Å². The van der Waals surface area contributed by atoms with Gasteiger partial charge in [0.25, 0.3) is 5.91 Å². The number of hydrogen-bond donors (Lipinski definition) is 1. The van der Waals surface area contributed by atoms with E-state index in [4.69, 9.17) is 16.3 Å². The quantitative estimate of drug-likeness (QED) is 0.322. The molecule has 2 unspecified atom stereocenters. The summed E-state index contributed by atoms with van der Waals surface area (Å²) < 4.78 is 24.6. The van der Waals surface area contributed by atoms with Gasteiger partial charge in [0.1, 0.15) is 17.7 Å². The van der Waals surface area contributed by atoms with E-state index in [2.05, 4.69) is 15.1 Å². The highest BCUT2D eigenvalue weighted by molar-refractivity contribution is 6.30. The van der Waals surface area contributed by atoms with Crippen molar-refractivity contribution in [1.82, 2.24) is 24.6 Å². The number of aromatic nitrogens is 4. The molecule has 2 aromatic carbocycles. The molecule has 6 rings (SSSR count). The highest BCUT2D eigenvalue weighted by atomic mass is 35.5. The van der Waals surface area contributed by atoms with Crippen LogP contribution in [0.4, 0.5) is 4.39 Å². The minimum atomic E-state index is -1.80. The maximum absolute atomic E-state index is 16.5. The van der Waals surface area contributed by atoms with Crippen molar-refractivity contribution in [1.29, 1.82) is 5.26 Å². The van der Waals surface area contributed by atoms with Gasteiger partial charge in [-0.15, -0.1) is 0 Å². The minimum Gasteiger partial charge on any atom is -0.393 e. The summed E-state index contributed by atoms with van der Waals surface area (Å²) in [5, 5.41) is 23.9. The van der Waals surface area contributed by atoms with Crippen molar-refractivity contribution >= 4 is 23.3 Å². The van der Waals surface area contributed by atoms with Gasteiger partial charge >= 0.3 is 0 Å². The zero-order valence-electron chi connectivity index (χ0n) is 22.4. The molecule has 3 atom stereocenters. The standard InChI is InChI=1S/C30H24ClFN6O4/c1-37-15-19(14-36-37)28(40)18-8-24-27(25(32)9-18)30(20-2-4-21(31)5-3-20,42-23-7-6-22(39)10-23)38(29(24)41)16-26-34-12-17(11-33)13-35-26/h2-5,8-9,12-15,22-23,39H,6-7,10,16H2,1H3/t22?,23?,30-/m1/s1. The Hall–Kier alpha value is -4.50. The summed E-state index contributed by atoms with van der Waals surface area (Å²) >= 11 is 6.20. The number of rotatable bonds is 7. The molecule has 42 heavy (non-hydrogen) atoms. The molecule has 0 spiro atoms. The number of ketones is 1. The Morgan fingerprint density at radius 2 is 1.93 bits per heavy atom. The van der Waals surface area contributed by atoms with E-state index in [9.17, 15) is 20.0 Å². The fraction of sp³-hybridized carbons (Fsp3) is 0.267. The summed E-state index contributed by atoms with van der Waals surface area (Å²) in [4.78, 5) is 37.3. The molecule has 1 aliphatic carbocycles. The Morgan fingerprint density at radius 3 is 2.55 bits per heavy atom. The number of aliphatic hydroxyl groups excluding tert-OH is 1. The SMILES string of the molecule is Cn1cc(C(=O)c2cc(F)c3c(c2)C(=O)N(Cc2ncc(C#N)cn2)[C@@]3(OC2CCC(O)C2)c2ccc(Cl)cc2)cn1. The van der Waals surface area contributed by atoms with Crippen LogP contribution in [0.5, 0.6) is 0 Å². The van der Waals surface area contributed by atoms with Gasteiger partial charge in [0.2, 0.25) is 5.72 Å². The summed E-state index contributed by atoms with van der Waals surface area (Å²) in [6, 6.07) is 10.9. The van der Waals surface area contributed by atoms with Crippen molar-refractivity contribution in [3.05, 3.63) is 111 Å². The maximum atomic E-state index is 16.5. The first kappa shape index (κ1) is 27.7. The van der Waals surface area contributed by atoms with E-state index in [1.807, 2.05) is 6.07 Å². The average molecular weight is 587 g/mol. The summed E-state index contributed by atoms with van der Waals surface area (Å²) in [5.74, 6) is -1.73. The van der Waals surface area contributed by atoms with Crippen molar-refractivity contribution in [3.63, 3.8) is 0 Å². The number of fused-ring (bicyclic) bond motifs is 1. The highest BCUT2D eigenvalue weighted by Gasteiger charge is 2.56.